The Kier molecular flexibility index (Phi) is 5.74. The fourth-order valence-corrected chi connectivity index (χ4v) is 5.21. The zero-order chi connectivity index (χ0) is 21.1. The topological polar surface area (TPSA) is 17.3 Å². The van der Waals surface area contributed by atoms with Crippen molar-refractivity contribution in [2.75, 3.05) is 0 Å². The van der Waals surface area contributed by atoms with Gasteiger partial charge >= 0.3 is 0 Å². The van der Waals surface area contributed by atoms with Crippen LogP contribution in [0.1, 0.15) is 43.6 Å². The second kappa shape index (κ2) is 8.45. The average molecular weight is 413 g/mol. The SMILES string of the molecule is Cc1c(-c2ccccc2)c(=NC(C)(C)C)sn1C(c1ccccc1)c1ccccc1. The summed E-state index contributed by atoms with van der Waals surface area (Å²) in [6.07, 6.45) is 0. The molecule has 3 aromatic carbocycles. The number of nitrogens with zero attached hydrogens (tertiary/aromatic N) is 2. The molecule has 0 aliphatic carbocycles. The first-order valence-electron chi connectivity index (χ1n) is 10.4. The van der Waals surface area contributed by atoms with Gasteiger partial charge in [0.1, 0.15) is 4.67 Å². The van der Waals surface area contributed by atoms with Crippen LogP contribution in [0.5, 0.6) is 0 Å². The summed E-state index contributed by atoms with van der Waals surface area (Å²) in [5.74, 6) is 0. The van der Waals surface area contributed by atoms with E-state index in [-0.39, 0.29) is 11.6 Å². The van der Waals surface area contributed by atoms with E-state index in [0.29, 0.717) is 0 Å². The molecule has 1 heterocycles. The minimum atomic E-state index is -0.145. The zero-order valence-corrected chi connectivity index (χ0v) is 18.9. The highest BCUT2D eigenvalue weighted by Crippen LogP contribution is 2.33. The van der Waals surface area contributed by atoms with Crippen molar-refractivity contribution in [3.8, 4) is 11.1 Å². The summed E-state index contributed by atoms with van der Waals surface area (Å²) in [4.78, 5) is 5.12. The van der Waals surface area contributed by atoms with Crippen molar-refractivity contribution in [1.29, 1.82) is 0 Å². The Morgan fingerprint density at radius 3 is 1.67 bits per heavy atom. The molecular weight excluding hydrogens is 384 g/mol. The van der Waals surface area contributed by atoms with E-state index < -0.39 is 0 Å². The molecular formula is C27H28N2S. The van der Waals surface area contributed by atoms with E-state index in [0.717, 1.165) is 4.67 Å². The Morgan fingerprint density at radius 2 is 1.20 bits per heavy atom. The van der Waals surface area contributed by atoms with Gasteiger partial charge in [-0.3, -0.25) is 8.95 Å². The Balaban J connectivity index is 2.01. The molecule has 2 nitrogen and oxygen atoms in total. The van der Waals surface area contributed by atoms with Gasteiger partial charge in [-0.05, 0) is 55.9 Å². The van der Waals surface area contributed by atoms with Gasteiger partial charge in [-0.25, -0.2) is 0 Å². The van der Waals surface area contributed by atoms with Crippen LogP contribution >= 0.6 is 11.5 Å². The molecule has 0 radical (unpaired) electrons. The molecule has 0 spiro atoms. The summed E-state index contributed by atoms with van der Waals surface area (Å²) in [5.41, 5.74) is 6.10. The van der Waals surface area contributed by atoms with Crippen LogP contribution in [0.15, 0.2) is 96.0 Å². The molecule has 152 valence electrons. The van der Waals surface area contributed by atoms with Gasteiger partial charge in [0, 0.05) is 11.3 Å². The first kappa shape index (κ1) is 20.4. The summed E-state index contributed by atoms with van der Waals surface area (Å²) >= 11 is 1.76. The van der Waals surface area contributed by atoms with Crippen molar-refractivity contribution in [3.63, 3.8) is 0 Å². The fourth-order valence-electron chi connectivity index (χ4n) is 3.77. The van der Waals surface area contributed by atoms with Gasteiger partial charge in [0.05, 0.1) is 11.6 Å². The van der Waals surface area contributed by atoms with E-state index in [4.69, 9.17) is 4.99 Å². The Hall–Kier alpha value is -2.91. The predicted molar refractivity (Wildman–Crippen MR) is 128 cm³/mol. The molecule has 0 unspecified atom stereocenters. The zero-order valence-electron chi connectivity index (χ0n) is 18.0. The lowest BCUT2D eigenvalue weighted by molar-refractivity contribution is 0.570. The molecule has 0 aliphatic heterocycles. The number of hydrogen-bond donors (Lipinski definition) is 0. The van der Waals surface area contributed by atoms with Gasteiger partial charge in [-0.1, -0.05) is 91.0 Å². The quantitative estimate of drug-likeness (QED) is 0.348. The van der Waals surface area contributed by atoms with Gasteiger partial charge in [0.2, 0.25) is 0 Å². The fraction of sp³-hybridized carbons (Fsp3) is 0.222. The maximum absolute atomic E-state index is 5.12. The summed E-state index contributed by atoms with van der Waals surface area (Å²) < 4.78 is 3.51. The number of benzene rings is 3. The first-order valence-corrected chi connectivity index (χ1v) is 11.1. The number of hydrogen-bond acceptors (Lipinski definition) is 2. The van der Waals surface area contributed by atoms with E-state index in [9.17, 15) is 0 Å². The molecule has 4 rings (SSSR count). The molecule has 1 aromatic heterocycles. The van der Waals surface area contributed by atoms with Gasteiger partial charge < -0.3 is 0 Å². The third-order valence-electron chi connectivity index (χ3n) is 5.06. The molecule has 0 saturated carbocycles. The van der Waals surface area contributed by atoms with E-state index in [2.05, 4.69) is 123 Å². The van der Waals surface area contributed by atoms with Crippen molar-refractivity contribution in [2.45, 2.75) is 39.3 Å². The highest BCUT2D eigenvalue weighted by atomic mass is 32.1. The molecule has 0 N–H and O–H groups in total. The summed E-state index contributed by atoms with van der Waals surface area (Å²) in [7, 11) is 0. The molecule has 0 amide bonds. The van der Waals surface area contributed by atoms with Gasteiger partial charge in [0.15, 0.2) is 0 Å². The summed E-state index contributed by atoms with van der Waals surface area (Å²) in [5, 5.41) is 0. The Labute approximate surface area is 183 Å². The lowest BCUT2D eigenvalue weighted by atomic mass is 9.98. The van der Waals surface area contributed by atoms with Crippen LogP contribution in [-0.2, 0) is 0 Å². The van der Waals surface area contributed by atoms with Crippen LogP contribution in [0.4, 0.5) is 0 Å². The largest absolute Gasteiger partial charge is 0.288 e. The van der Waals surface area contributed by atoms with Crippen LogP contribution in [0.25, 0.3) is 11.1 Å². The van der Waals surface area contributed by atoms with Crippen molar-refractivity contribution >= 4 is 11.5 Å². The third-order valence-corrected chi connectivity index (χ3v) is 6.21. The van der Waals surface area contributed by atoms with Crippen molar-refractivity contribution in [2.24, 2.45) is 4.99 Å². The average Bonchev–Trinajstić information content (AvgIpc) is 3.04. The number of aromatic nitrogens is 1. The molecule has 0 atom stereocenters. The predicted octanol–water partition coefficient (Wildman–Crippen LogP) is 6.86. The van der Waals surface area contributed by atoms with Gasteiger partial charge in [-0.15, -0.1) is 0 Å². The monoisotopic (exact) mass is 412 g/mol. The second-order valence-corrected chi connectivity index (χ2v) is 9.52. The first-order chi connectivity index (χ1) is 14.4. The van der Waals surface area contributed by atoms with Crippen LogP contribution in [-0.4, -0.2) is 9.50 Å². The molecule has 30 heavy (non-hydrogen) atoms. The highest BCUT2D eigenvalue weighted by Gasteiger charge is 2.23. The maximum atomic E-state index is 5.12. The molecule has 0 saturated heterocycles. The molecule has 4 aromatic rings. The van der Waals surface area contributed by atoms with Crippen LogP contribution in [0.3, 0.4) is 0 Å². The van der Waals surface area contributed by atoms with Crippen molar-refractivity contribution in [3.05, 3.63) is 112 Å². The van der Waals surface area contributed by atoms with Gasteiger partial charge in [-0.2, -0.15) is 0 Å². The normalized spacial score (nSPS) is 12.5. The van der Waals surface area contributed by atoms with Crippen LogP contribution in [0.2, 0.25) is 0 Å². The third kappa shape index (κ3) is 4.31. The van der Waals surface area contributed by atoms with Crippen LogP contribution < -0.4 is 4.67 Å². The minimum Gasteiger partial charge on any atom is -0.288 e. The molecule has 0 aliphatic rings. The Bertz CT molecular complexity index is 1130. The van der Waals surface area contributed by atoms with Crippen LogP contribution in [0, 0.1) is 6.92 Å². The van der Waals surface area contributed by atoms with E-state index in [1.54, 1.807) is 11.5 Å². The highest BCUT2D eigenvalue weighted by molar-refractivity contribution is 7.04. The second-order valence-electron chi connectivity index (χ2n) is 8.56. The van der Waals surface area contributed by atoms with E-state index >= 15 is 0 Å². The maximum Gasteiger partial charge on any atom is 0.137 e. The van der Waals surface area contributed by atoms with E-state index in [1.165, 1.54) is 27.9 Å². The summed E-state index contributed by atoms with van der Waals surface area (Å²) in [6, 6.07) is 32.2. The van der Waals surface area contributed by atoms with E-state index in [1.807, 2.05) is 0 Å². The lowest BCUT2D eigenvalue weighted by Crippen LogP contribution is -2.15. The number of rotatable bonds is 4. The molecule has 0 fully saturated rings. The van der Waals surface area contributed by atoms with Crippen molar-refractivity contribution in [1.82, 2.24) is 3.96 Å². The minimum absolute atomic E-state index is 0.115. The van der Waals surface area contributed by atoms with Crippen molar-refractivity contribution < 1.29 is 0 Å². The Morgan fingerprint density at radius 1 is 0.733 bits per heavy atom. The standard InChI is InChI=1S/C27H28N2S/c1-20-24(21-14-8-5-9-15-21)26(28-27(2,3)4)30-29(20)25(22-16-10-6-11-17-22)23-18-12-7-13-19-23/h5-19,25H,1-4H3. The lowest BCUT2D eigenvalue weighted by Gasteiger charge is -2.21. The summed E-state index contributed by atoms with van der Waals surface area (Å²) in [6.45, 7) is 8.70. The smallest absolute Gasteiger partial charge is 0.137 e. The molecule has 0 bridgehead atoms. The van der Waals surface area contributed by atoms with Gasteiger partial charge in [0.25, 0.3) is 0 Å². The molecule has 3 heteroatoms.